The van der Waals surface area contributed by atoms with Crippen LogP contribution in [-0.2, 0) is 0 Å². The maximum absolute atomic E-state index is 9.06. The molecule has 0 atom stereocenters. The molecule has 0 amide bonds. The molecule has 0 aliphatic carbocycles. The van der Waals surface area contributed by atoms with Gasteiger partial charge in [0.2, 0.25) is 0 Å². The zero-order chi connectivity index (χ0) is 15.4. The lowest BCUT2D eigenvalue weighted by Crippen LogP contribution is -2.12. The summed E-state index contributed by atoms with van der Waals surface area (Å²) in [5.74, 6) is 0. The predicted octanol–water partition coefficient (Wildman–Crippen LogP) is 4.74. The Labute approximate surface area is 129 Å². The minimum atomic E-state index is 0.110. The van der Waals surface area contributed by atoms with Crippen LogP contribution < -0.4 is 10.1 Å². The normalized spacial score (nSPS) is 10.3. The summed E-state index contributed by atoms with van der Waals surface area (Å²) >= 11 is 0. The molecule has 0 unspecified atom stereocenters. The molecule has 0 saturated carbocycles. The fraction of sp³-hybridized carbons (Fsp3) is 0. The lowest BCUT2D eigenvalue weighted by molar-refractivity contribution is 0.0292. The molecule has 0 saturated heterocycles. The van der Waals surface area contributed by atoms with Crippen molar-refractivity contribution in [3.63, 3.8) is 0 Å². The first-order valence-corrected chi connectivity index (χ1v) is 6.94. The van der Waals surface area contributed by atoms with Crippen LogP contribution in [-0.4, -0.2) is 10.4 Å². The molecule has 4 heteroatoms. The Bertz CT molecular complexity index is 674. The third-order valence-corrected chi connectivity index (χ3v) is 3.37. The first-order valence-electron chi connectivity index (χ1n) is 6.94. The number of hydrogen-bond acceptors (Lipinski definition) is 4. The molecule has 22 heavy (non-hydrogen) atoms. The molecular formula is C18H16N2O2. The summed E-state index contributed by atoms with van der Waals surface area (Å²) < 4.78 is 0. The van der Waals surface area contributed by atoms with Gasteiger partial charge in [0.25, 0.3) is 0 Å². The van der Waals surface area contributed by atoms with Crippen LogP contribution in [0.3, 0.4) is 0 Å². The second-order valence-corrected chi connectivity index (χ2v) is 4.81. The van der Waals surface area contributed by atoms with Crippen LogP contribution >= 0.6 is 0 Å². The number of anilines is 4. The summed E-state index contributed by atoms with van der Waals surface area (Å²) in [7, 11) is 0. The minimum Gasteiger partial charge on any atom is -0.311 e. The average molecular weight is 292 g/mol. The molecule has 0 radical (unpaired) electrons. The quantitative estimate of drug-likeness (QED) is 0.682. The van der Waals surface area contributed by atoms with Crippen molar-refractivity contribution in [2.75, 3.05) is 10.1 Å². The Hall–Kier alpha value is -2.82. The zero-order valence-electron chi connectivity index (χ0n) is 11.9. The topological polar surface area (TPSA) is 46.9 Å². The van der Waals surface area contributed by atoms with Crippen molar-refractivity contribution >= 4 is 22.7 Å². The summed E-state index contributed by atoms with van der Waals surface area (Å²) in [4.78, 5) is 2.10. The number of rotatable bonds is 4. The first-order chi connectivity index (χ1) is 10.8. The third kappa shape index (κ3) is 2.93. The van der Waals surface area contributed by atoms with E-state index in [1.54, 1.807) is 12.1 Å². The van der Waals surface area contributed by atoms with Gasteiger partial charge in [-0.05, 0) is 48.5 Å². The van der Waals surface area contributed by atoms with E-state index < -0.39 is 0 Å². The highest BCUT2D eigenvalue weighted by atomic mass is 16.8. The Morgan fingerprint density at radius 2 is 0.818 bits per heavy atom. The third-order valence-electron chi connectivity index (χ3n) is 3.37. The summed E-state index contributed by atoms with van der Waals surface area (Å²) in [6.45, 7) is 0. The Morgan fingerprint density at radius 1 is 0.455 bits per heavy atom. The molecule has 3 rings (SSSR count). The molecule has 0 spiro atoms. The van der Waals surface area contributed by atoms with Crippen molar-refractivity contribution in [3.8, 4) is 0 Å². The highest BCUT2D eigenvalue weighted by Crippen LogP contribution is 2.34. The van der Waals surface area contributed by atoms with Crippen molar-refractivity contribution in [1.82, 2.24) is 0 Å². The van der Waals surface area contributed by atoms with Crippen LogP contribution in [0.2, 0.25) is 0 Å². The van der Waals surface area contributed by atoms with Gasteiger partial charge in [0.15, 0.2) is 0 Å². The van der Waals surface area contributed by atoms with E-state index >= 15 is 0 Å². The first kappa shape index (κ1) is 14.1. The average Bonchev–Trinajstić information content (AvgIpc) is 2.57. The van der Waals surface area contributed by atoms with Gasteiger partial charge in [-0.1, -0.05) is 36.4 Å². The summed E-state index contributed by atoms with van der Waals surface area (Å²) in [6, 6.07) is 27.0. The highest BCUT2D eigenvalue weighted by Gasteiger charge is 2.11. The maximum atomic E-state index is 9.06. The van der Waals surface area contributed by atoms with Gasteiger partial charge in [0.1, 0.15) is 0 Å². The van der Waals surface area contributed by atoms with Gasteiger partial charge >= 0.3 is 0 Å². The van der Waals surface area contributed by atoms with E-state index in [2.05, 4.69) is 4.90 Å². The van der Waals surface area contributed by atoms with Gasteiger partial charge in [-0.25, -0.2) is 0 Å². The van der Waals surface area contributed by atoms with Crippen molar-refractivity contribution in [2.45, 2.75) is 0 Å². The number of para-hydroxylation sites is 2. The van der Waals surface area contributed by atoms with E-state index in [0.29, 0.717) is 5.69 Å². The molecule has 0 fully saturated rings. The van der Waals surface area contributed by atoms with Crippen molar-refractivity contribution in [1.29, 1.82) is 0 Å². The largest absolute Gasteiger partial charge is 0.311 e. The molecule has 110 valence electrons. The van der Waals surface area contributed by atoms with E-state index in [9.17, 15) is 0 Å². The van der Waals surface area contributed by atoms with Gasteiger partial charge in [0, 0.05) is 17.1 Å². The van der Waals surface area contributed by atoms with E-state index in [-0.39, 0.29) is 5.23 Å². The molecule has 4 nitrogen and oxygen atoms in total. The Balaban J connectivity index is 2.06. The summed E-state index contributed by atoms with van der Waals surface area (Å²) in [6.07, 6.45) is 0. The van der Waals surface area contributed by atoms with Gasteiger partial charge in [-0.3, -0.25) is 10.4 Å². The fourth-order valence-electron chi connectivity index (χ4n) is 2.34. The molecule has 3 aromatic carbocycles. The van der Waals surface area contributed by atoms with Crippen LogP contribution in [0, 0.1) is 0 Å². The van der Waals surface area contributed by atoms with E-state index in [1.165, 1.54) is 0 Å². The van der Waals surface area contributed by atoms with Gasteiger partial charge < -0.3 is 4.90 Å². The van der Waals surface area contributed by atoms with Crippen molar-refractivity contribution in [3.05, 3.63) is 84.9 Å². The van der Waals surface area contributed by atoms with Crippen molar-refractivity contribution in [2.24, 2.45) is 0 Å². The maximum Gasteiger partial charge on any atom is 0.0944 e. The van der Waals surface area contributed by atoms with Crippen LogP contribution in [0.5, 0.6) is 0 Å². The van der Waals surface area contributed by atoms with E-state index in [4.69, 9.17) is 10.4 Å². The molecule has 3 aromatic rings. The van der Waals surface area contributed by atoms with Crippen LogP contribution in [0.25, 0.3) is 0 Å². The molecular weight excluding hydrogens is 276 g/mol. The summed E-state index contributed by atoms with van der Waals surface area (Å²) in [5, 5.41) is 18.2. The van der Waals surface area contributed by atoms with Crippen LogP contribution in [0.1, 0.15) is 0 Å². The smallest absolute Gasteiger partial charge is 0.0944 e. The lowest BCUT2D eigenvalue weighted by Gasteiger charge is -2.25. The van der Waals surface area contributed by atoms with E-state index in [1.807, 2.05) is 72.8 Å². The Kier molecular flexibility index (Phi) is 4.05. The minimum absolute atomic E-state index is 0.110. The number of nitrogens with zero attached hydrogens (tertiary/aromatic N) is 2. The number of hydrogen-bond donors (Lipinski definition) is 2. The van der Waals surface area contributed by atoms with Crippen molar-refractivity contribution < 1.29 is 10.4 Å². The van der Waals surface area contributed by atoms with Gasteiger partial charge in [-0.15, -0.1) is 5.23 Å². The molecule has 0 aliphatic rings. The SMILES string of the molecule is ON(O)c1ccc(N(c2ccccc2)c2ccccc2)cc1. The Morgan fingerprint density at radius 3 is 1.23 bits per heavy atom. The molecule has 0 heterocycles. The second kappa shape index (κ2) is 6.30. The highest BCUT2D eigenvalue weighted by molar-refractivity contribution is 5.77. The zero-order valence-corrected chi connectivity index (χ0v) is 11.9. The van der Waals surface area contributed by atoms with Crippen LogP contribution in [0.4, 0.5) is 22.7 Å². The molecule has 2 N–H and O–H groups in total. The number of benzene rings is 3. The van der Waals surface area contributed by atoms with Gasteiger partial charge in [-0.2, -0.15) is 0 Å². The monoisotopic (exact) mass is 292 g/mol. The molecule has 0 aromatic heterocycles. The predicted molar refractivity (Wildman–Crippen MR) is 87.2 cm³/mol. The molecule has 0 bridgehead atoms. The second-order valence-electron chi connectivity index (χ2n) is 4.81. The summed E-state index contributed by atoms with van der Waals surface area (Å²) in [5.41, 5.74) is 3.31. The van der Waals surface area contributed by atoms with E-state index in [0.717, 1.165) is 17.1 Å². The standard InChI is InChI=1S/C18H16N2O2/c21-20(22)18-13-11-17(12-14-18)19(15-7-3-1-4-8-15)16-9-5-2-6-10-16/h1-14,21-22H. The molecule has 0 aliphatic heterocycles. The van der Waals surface area contributed by atoms with Gasteiger partial charge in [0.05, 0.1) is 5.69 Å². The van der Waals surface area contributed by atoms with Crippen LogP contribution in [0.15, 0.2) is 84.9 Å². The fourth-order valence-corrected chi connectivity index (χ4v) is 2.34. The lowest BCUT2D eigenvalue weighted by atomic mass is 10.2.